The van der Waals surface area contributed by atoms with Crippen molar-refractivity contribution in [2.75, 3.05) is 7.11 Å². The van der Waals surface area contributed by atoms with E-state index in [4.69, 9.17) is 4.74 Å². The number of ketones is 1. The molecule has 0 N–H and O–H groups in total. The van der Waals surface area contributed by atoms with E-state index in [2.05, 4.69) is 10.2 Å². The Morgan fingerprint density at radius 3 is 2.50 bits per heavy atom. The number of rotatable bonds is 2. The summed E-state index contributed by atoms with van der Waals surface area (Å²) < 4.78 is 57.8. The Morgan fingerprint density at radius 1 is 1.12 bits per heavy atom. The molecule has 4 nitrogen and oxygen atoms in total. The first-order chi connectivity index (χ1) is 11.3. The average Bonchev–Trinajstić information content (AvgIpc) is 2.54. The number of methoxy groups -OCH3 is 1. The van der Waals surface area contributed by atoms with Crippen LogP contribution < -0.4 is 4.74 Å². The highest BCUT2D eigenvalue weighted by molar-refractivity contribution is 6.06. The molecule has 2 aromatic carbocycles. The Labute approximate surface area is 133 Å². The molecule has 1 atom stereocenters. The van der Waals surface area contributed by atoms with E-state index < -0.39 is 34.9 Å². The summed E-state index contributed by atoms with van der Waals surface area (Å²) in [6.45, 7) is 0. The van der Waals surface area contributed by atoms with Crippen LogP contribution in [0.3, 0.4) is 0 Å². The first kappa shape index (κ1) is 16.1. The Kier molecular flexibility index (Phi) is 3.82. The van der Waals surface area contributed by atoms with Gasteiger partial charge in [0.05, 0.1) is 18.2 Å². The number of ether oxygens (including phenoxy) is 1. The van der Waals surface area contributed by atoms with Crippen molar-refractivity contribution in [1.29, 1.82) is 0 Å². The summed E-state index contributed by atoms with van der Waals surface area (Å²) in [5.74, 6) is -1.86. The maximum Gasteiger partial charge on any atom is 0.419 e. The first-order valence-corrected chi connectivity index (χ1v) is 6.82. The number of nitrogens with zero attached hydrogens (tertiary/aromatic N) is 2. The average molecular weight is 338 g/mol. The zero-order valence-electron chi connectivity index (χ0n) is 12.3. The second-order valence-corrected chi connectivity index (χ2v) is 5.05. The largest absolute Gasteiger partial charge is 0.494 e. The molecule has 124 valence electrons. The van der Waals surface area contributed by atoms with Gasteiger partial charge >= 0.3 is 6.18 Å². The molecule has 1 aliphatic heterocycles. The Bertz CT molecular complexity index is 846. The third kappa shape index (κ3) is 2.53. The summed E-state index contributed by atoms with van der Waals surface area (Å²) in [7, 11) is 1.38. The van der Waals surface area contributed by atoms with Crippen LogP contribution in [-0.2, 0) is 6.18 Å². The van der Waals surface area contributed by atoms with Gasteiger partial charge in [-0.3, -0.25) is 4.79 Å². The molecule has 24 heavy (non-hydrogen) atoms. The van der Waals surface area contributed by atoms with Gasteiger partial charge in [-0.2, -0.15) is 23.4 Å². The van der Waals surface area contributed by atoms with Gasteiger partial charge in [0.15, 0.2) is 11.8 Å². The van der Waals surface area contributed by atoms with Crippen LogP contribution in [0.4, 0.5) is 23.2 Å². The molecule has 1 heterocycles. The molecule has 1 aliphatic rings. The van der Waals surface area contributed by atoms with Crippen molar-refractivity contribution in [1.82, 2.24) is 0 Å². The quantitative estimate of drug-likeness (QED) is 0.733. The van der Waals surface area contributed by atoms with E-state index in [0.29, 0.717) is 11.8 Å². The highest BCUT2D eigenvalue weighted by Gasteiger charge is 2.38. The number of azo groups is 1. The fraction of sp³-hybridized carbons (Fsp3) is 0.188. The summed E-state index contributed by atoms with van der Waals surface area (Å²) >= 11 is 0. The zero-order valence-corrected chi connectivity index (χ0v) is 12.3. The number of carbonyl (C=O) groups excluding carboxylic acids is 1. The molecule has 0 radical (unpaired) electrons. The molecule has 0 saturated heterocycles. The highest BCUT2D eigenvalue weighted by atomic mass is 19.4. The number of benzene rings is 2. The van der Waals surface area contributed by atoms with Gasteiger partial charge in [-0.15, -0.1) is 0 Å². The van der Waals surface area contributed by atoms with Gasteiger partial charge in [-0.05, 0) is 18.2 Å². The van der Waals surface area contributed by atoms with E-state index in [1.54, 1.807) is 6.07 Å². The van der Waals surface area contributed by atoms with Crippen LogP contribution in [-0.4, -0.2) is 12.9 Å². The standard InChI is InChI=1S/C16H10F4N2O2/c1-24-11-7-3-5-9-13(11)21-22-14(15(9)23)8-4-2-6-10(12(8)17)16(18,19)20/h2-7,14H,1H3. The van der Waals surface area contributed by atoms with E-state index in [9.17, 15) is 22.4 Å². The van der Waals surface area contributed by atoms with Crippen molar-refractivity contribution in [2.45, 2.75) is 12.2 Å². The molecule has 2 aromatic rings. The second kappa shape index (κ2) is 5.70. The summed E-state index contributed by atoms with van der Waals surface area (Å²) in [5, 5.41) is 7.54. The number of halogens is 4. The minimum absolute atomic E-state index is 0.117. The maximum absolute atomic E-state index is 14.2. The Balaban J connectivity index is 2.10. The van der Waals surface area contributed by atoms with Gasteiger partial charge in [-0.1, -0.05) is 18.2 Å². The van der Waals surface area contributed by atoms with Crippen molar-refractivity contribution in [3.8, 4) is 5.75 Å². The molecule has 8 heteroatoms. The molecule has 0 bridgehead atoms. The predicted molar refractivity (Wildman–Crippen MR) is 76.0 cm³/mol. The number of hydrogen-bond donors (Lipinski definition) is 0. The van der Waals surface area contributed by atoms with Crippen molar-refractivity contribution >= 4 is 11.5 Å². The molecular formula is C16H10F4N2O2. The van der Waals surface area contributed by atoms with Gasteiger partial charge in [0.25, 0.3) is 0 Å². The van der Waals surface area contributed by atoms with Crippen LogP contribution in [0.5, 0.6) is 5.75 Å². The number of Topliss-reactive ketones (excluding diaryl/α,β-unsaturated/α-hetero) is 1. The molecular weight excluding hydrogens is 328 g/mol. The van der Waals surface area contributed by atoms with Crippen molar-refractivity contribution in [3.63, 3.8) is 0 Å². The lowest BCUT2D eigenvalue weighted by Crippen LogP contribution is -2.18. The molecule has 0 aliphatic carbocycles. The predicted octanol–water partition coefficient (Wildman–Crippen LogP) is 4.87. The van der Waals surface area contributed by atoms with Crippen LogP contribution in [0, 0.1) is 5.82 Å². The monoisotopic (exact) mass is 338 g/mol. The molecule has 0 saturated carbocycles. The Hall–Kier alpha value is -2.77. The van der Waals surface area contributed by atoms with Crippen LogP contribution in [0.15, 0.2) is 46.6 Å². The number of carbonyl (C=O) groups is 1. The van der Waals surface area contributed by atoms with Crippen LogP contribution >= 0.6 is 0 Å². The smallest absolute Gasteiger partial charge is 0.419 e. The van der Waals surface area contributed by atoms with Crippen LogP contribution in [0.2, 0.25) is 0 Å². The summed E-state index contributed by atoms with van der Waals surface area (Å²) in [4.78, 5) is 12.5. The minimum atomic E-state index is -4.87. The molecule has 0 spiro atoms. The first-order valence-electron chi connectivity index (χ1n) is 6.82. The van der Waals surface area contributed by atoms with Gasteiger partial charge in [0.2, 0.25) is 0 Å². The zero-order chi connectivity index (χ0) is 17.5. The number of fused-ring (bicyclic) bond motifs is 1. The normalized spacial score (nSPS) is 16.9. The topological polar surface area (TPSA) is 51.0 Å². The fourth-order valence-electron chi connectivity index (χ4n) is 2.49. The van der Waals surface area contributed by atoms with E-state index in [-0.39, 0.29) is 11.3 Å². The van der Waals surface area contributed by atoms with E-state index in [0.717, 1.165) is 12.1 Å². The highest BCUT2D eigenvalue weighted by Crippen LogP contribution is 2.41. The lowest BCUT2D eigenvalue weighted by atomic mass is 9.94. The minimum Gasteiger partial charge on any atom is -0.494 e. The number of alkyl halides is 3. The number of hydrogen-bond acceptors (Lipinski definition) is 4. The SMILES string of the molecule is COc1cccc2c1N=NC(c1cccc(C(F)(F)F)c1F)C2=O. The lowest BCUT2D eigenvalue weighted by Gasteiger charge is -2.19. The van der Waals surface area contributed by atoms with Crippen LogP contribution in [0.1, 0.15) is 27.5 Å². The summed E-state index contributed by atoms with van der Waals surface area (Å²) in [6, 6.07) is 5.82. The molecule has 0 amide bonds. The summed E-state index contributed by atoms with van der Waals surface area (Å²) in [5.41, 5.74) is -1.62. The van der Waals surface area contributed by atoms with E-state index in [1.807, 2.05) is 0 Å². The van der Waals surface area contributed by atoms with Gasteiger partial charge in [-0.25, -0.2) is 4.39 Å². The van der Waals surface area contributed by atoms with Gasteiger partial charge < -0.3 is 4.74 Å². The van der Waals surface area contributed by atoms with E-state index >= 15 is 0 Å². The molecule has 0 aromatic heterocycles. The van der Waals surface area contributed by atoms with Crippen molar-refractivity contribution < 1.29 is 27.1 Å². The Morgan fingerprint density at radius 2 is 1.83 bits per heavy atom. The second-order valence-electron chi connectivity index (χ2n) is 5.05. The molecule has 0 fully saturated rings. The summed E-state index contributed by atoms with van der Waals surface area (Å²) in [6.07, 6.45) is -4.87. The third-order valence-corrected chi connectivity index (χ3v) is 3.63. The molecule has 1 unspecified atom stereocenters. The van der Waals surface area contributed by atoms with Gasteiger partial charge in [0.1, 0.15) is 17.3 Å². The molecule has 3 rings (SSSR count). The van der Waals surface area contributed by atoms with Crippen molar-refractivity contribution in [3.05, 3.63) is 58.9 Å². The third-order valence-electron chi connectivity index (χ3n) is 3.63. The van der Waals surface area contributed by atoms with Crippen LogP contribution in [0.25, 0.3) is 0 Å². The fourth-order valence-corrected chi connectivity index (χ4v) is 2.49. The maximum atomic E-state index is 14.2. The van der Waals surface area contributed by atoms with Crippen molar-refractivity contribution in [2.24, 2.45) is 10.2 Å². The van der Waals surface area contributed by atoms with Gasteiger partial charge in [0, 0.05) is 5.56 Å². The van der Waals surface area contributed by atoms with E-state index in [1.165, 1.54) is 19.2 Å². The lowest BCUT2D eigenvalue weighted by molar-refractivity contribution is -0.140.